The molecule has 5 heteroatoms. The monoisotopic (exact) mass is 414 g/mol. The van der Waals surface area contributed by atoms with Gasteiger partial charge in [0.25, 0.3) is 0 Å². The van der Waals surface area contributed by atoms with Gasteiger partial charge in [0.2, 0.25) is 0 Å². The topological polar surface area (TPSA) is 44.8 Å². The van der Waals surface area contributed by atoms with E-state index in [0.717, 1.165) is 5.56 Å². The van der Waals surface area contributed by atoms with E-state index in [4.69, 9.17) is 14.2 Å². The number of alkyl halides is 1. The van der Waals surface area contributed by atoms with Crippen LogP contribution in [0.1, 0.15) is 78.2 Å². The Kier molecular flexibility index (Phi) is 6.60. The molecule has 0 N–H and O–H groups in total. The molecule has 0 saturated heterocycles. The summed E-state index contributed by atoms with van der Waals surface area (Å²) in [5.74, 6) is 0.838. The molecule has 25 heavy (non-hydrogen) atoms. The minimum absolute atomic E-state index is 0.397. The summed E-state index contributed by atoms with van der Waals surface area (Å²) >= 11 is 3.51. The fourth-order valence-corrected chi connectivity index (χ4v) is 2.60. The number of hydrogen-bond donors (Lipinski definition) is 0. The third-order valence-corrected chi connectivity index (χ3v) is 3.33. The van der Waals surface area contributed by atoms with Gasteiger partial charge in [-0.2, -0.15) is 0 Å². The van der Waals surface area contributed by atoms with E-state index in [-0.39, 0.29) is 0 Å². The Morgan fingerprint density at radius 1 is 0.840 bits per heavy atom. The van der Waals surface area contributed by atoms with Crippen molar-refractivity contribution in [2.24, 2.45) is 0 Å². The van der Waals surface area contributed by atoms with Gasteiger partial charge in [-0.05, 0) is 74.4 Å². The molecule has 0 atom stereocenters. The first kappa shape index (κ1) is 21.8. The Morgan fingerprint density at radius 2 is 1.24 bits per heavy atom. The first-order valence-electron chi connectivity index (χ1n) is 8.45. The first-order valence-corrected chi connectivity index (χ1v) is 9.58. The minimum Gasteiger partial charge on any atom is -0.488 e. The number of esters is 1. The molecule has 0 bridgehead atoms. The van der Waals surface area contributed by atoms with Gasteiger partial charge in [-0.1, -0.05) is 15.9 Å². The van der Waals surface area contributed by atoms with Gasteiger partial charge in [0.1, 0.15) is 28.3 Å². The number of halogens is 1. The number of benzene rings is 1. The summed E-state index contributed by atoms with van der Waals surface area (Å²) in [4.78, 5) is 12.6. The molecule has 0 saturated carbocycles. The van der Waals surface area contributed by atoms with E-state index in [9.17, 15) is 4.79 Å². The summed E-state index contributed by atoms with van der Waals surface area (Å²) in [5, 5.41) is 0.554. The highest BCUT2D eigenvalue weighted by atomic mass is 79.9. The SMILES string of the molecule is CC(C)(C)OC(=O)c1cc(OC(C)(C)C)c(CBr)c(OC(C)(C)C)c1. The van der Waals surface area contributed by atoms with E-state index in [1.54, 1.807) is 12.1 Å². The second kappa shape index (κ2) is 7.56. The molecule has 1 aromatic carbocycles. The predicted octanol–water partition coefficient (Wildman–Crippen LogP) is 5.89. The Labute approximate surface area is 160 Å². The average Bonchev–Trinajstić information content (AvgIpc) is 2.32. The van der Waals surface area contributed by atoms with Crippen molar-refractivity contribution >= 4 is 21.9 Å². The van der Waals surface area contributed by atoms with Gasteiger partial charge in [-0.3, -0.25) is 0 Å². The molecule has 0 aromatic heterocycles. The van der Waals surface area contributed by atoms with Crippen LogP contribution in [-0.2, 0) is 10.1 Å². The van der Waals surface area contributed by atoms with Crippen LogP contribution in [0.25, 0.3) is 0 Å². The molecule has 0 aliphatic heterocycles. The van der Waals surface area contributed by atoms with Crippen molar-refractivity contribution in [1.82, 2.24) is 0 Å². The van der Waals surface area contributed by atoms with Gasteiger partial charge >= 0.3 is 5.97 Å². The summed E-state index contributed by atoms with van der Waals surface area (Å²) in [6, 6.07) is 3.46. The zero-order valence-corrected chi connectivity index (χ0v) is 18.5. The smallest absolute Gasteiger partial charge is 0.338 e. The lowest BCUT2D eigenvalue weighted by atomic mass is 10.1. The lowest BCUT2D eigenvalue weighted by molar-refractivity contribution is 0.00669. The zero-order valence-electron chi connectivity index (χ0n) is 16.9. The molecule has 0 aliphatic carbocycles. The molecule has 0 amide bonds. The maximum Gasteiger partial charge on any atom is 0.338 e. The fraction of sp³-hybridized carbons (Fsp3) is 0.650. The molecule has 4 nitrogen and oxygen atoms in total. The van der Waals surface area contributed by atoms with Gasteiger partial charge in [-0.25, -0.2) is 4.79 Å². The molecular weight excluding hydrogens is 384 g/mol. The number of carbonyl (C=O) groups is 1. The number of rotatable bonds is 4. The highest BCUT2D eigenvalue weighted by Crippen LogP contribution is 2.37. The maximum absolute atomic E-state index is 12.6. The van der Waals surface area contributed by atoms with E-state index in [0.29, 0.717) is 22.4 Å². The van der Waals surface area contributed by atoms with Gasteiger partial charge in [0, 0.05) is 10.9 Å². The number of carbonyl (C=O) groups excluding carboxylic acids is 1. The van der Waals surface area contributed by atoms with Crippen molar-refractivity contribution in [2.45, 2.75) is 84.4 Å². The third-order valence-electron chi connectivity index (χ3n) is 2.77. The molecular formula is C20H31BrO4. The van der Waals surface area contributed by atoms with Gasteiger partial charge < -0.3 is 14.2 Å². The maximum atomic E-state index is 12.6. The second-order valence-corrected chi connectivity index (χ2v) is 9.58. The zero-order chi connectivity index (χ0) is 19.6. The van der Waals surface area contributed by atoms with Gasteiger partial charge in [0.05, 0.1) is 5.56 Å². The molecule has 0 unspecified atom stereocenters. The van der Waals surface area contributed by atoms with E-state index in [1.807, 2.05) is 62.3 Å². The molecule has 0 spiro atoms. The first-order chi connectivity index (χ1) is 11.1. The van der Waals surface area contributed by atoms with Crippen LogP contribution < -0.4 is 9.47 Å². The lowest BCUT2D eigenvalue weighted by Crippen LogP contribution is -2.27. The van der Waals surface area contributed by atoms with Crippen LogP contribution in [0.15, 0.2) is 12.1 Å². The largest absolute Gasteiger partial charge is 0.488 e. The van der Waals surface area contributed by atoms with Crippen LogP contribution in [0.4, 0.5) is 0 Å². The summed E-state index contributed by atoms with van der Waals surface area (Å²) in [6.45, 7) is 17.3. The standard InChI is InChI=1S/C20H31BrO4/c1-18(2,3)23-15-10-13(17(22)25-20(7,8)9)11-16(14(15)12-21)24-19(4,5)6/h10-11H,12H2,1-9H3. The molecule has 1 rings (SSSR count). The van der Waals surface area contributed by atoms with Crippen LogP contribution in [0, 0.1) is 0 Å². The second-order valence-electron chi connectivity index (χ2n) is 9.02. The van der Waals surface area contributed by atoms with E-state index in [2.05, 4.69) is 15.9 Å². The van der Waals surface area contributed by atoms with Crippen LogP contribution in [0.3, 0.4) is 0 Å². The fourth-order valence-electron chi connectivity index (χ4n) is 2.05. The molecule has 0 fully saturated rings. The van der Waals surface area contributed by atoms with E-state index >= 15 is 0 Å². The summed E-state index contributed by atoms with van der Waals surface area (Å²) in [7, 11) is 0. The van der Waals surface area contributed by atoms with Gasteiger partial charge in [-0.15, -0.1) is 0 Å². The Bertz CT molecular complexity index is 579. The molecule has 1 aromatic rings. The lowest BCUT2D eigenvalue weighted by Gasteiger charge is -2.28. The van der Waals surface area contributed by atoms with Crippen LogP contribution >= 0.6 is 15.9 Å². The minimum atomic E-state index is -0.568. The van der Waals surface area contributed by atoms with Crippen LogP contribution in [-0.4, -0.2) is 22.8 Å². The third kappa shape index (κ3) is 7.68. The molecule has 142 valence electrons. The summed E-state index contributed by atoms with van der Waals surface area (Å²) in [6.07, 6.45) is 0. The molecule has 0 aliphatic rings. The Balaban J connectivity index is 3.45. The predicted molar refractivity (Wildman–Crippen MR) is 105 cm³/mol. The van der Waals surface area contributed by atoms with Crippen molar-refractivity contribution in [3.8, 4) is 11.5 Å². The highest BCUT2D eigenvalue weighted by Gasteiger charge is 2.25. The Hall–Kier alpha value is -1.23. The van der Waals surface area contributed by atoms with Crippen molar-refractivity contribution in [3.63, 3.8) is 0 Å². The van der Waals surface area contributed by atoms with Crippen LogP contribution in [0.2, 0.25) is 0 Å². The Morgan fingerprint density at radius 3 is 1.52 bits per heavy atom. The molecule has 0 heterocycles. The van der Waals surface area contributed by atoms with Crippen molar-refractivity contribution in [1.29, 1.82) is 0 Å². The van der Waals surface area contributed by atoms with E-state index in [1.165, 1.54) is 0 Å². The summed E-state index contributed by atoms with van der Waals surface area (Å²) < 4.78 is 17.7. The van der Waals surface area contributed by atoms with Crippen LogP contribution in [0.5, 0.6) is 11.5 Å². The quantitative estimate of drug-likeness (QED) is 0.454. The van der Waals surface area contributed by atoms with Crippen molar-refractivity contribution < 1.29 is 19.0 Å². The highest BCUT2D eigenvalue weighted by molar-refractivity contribution is 9.08. The molecule has 0 radical (unpaired) electrons. The summed E-state index contributed by atoms with van der Waals surface area (Å²) in [5.41, 5.74) is -0.0815. The number of hydrogen-bond acceptors (Lipinski definition) is 4. The number of ether oxygens (including phenoxy) is 3. The normalized spacial score (nSPS) is 12.7. The van der Waals surface area contributed by atoms with E-state index < -0.39 is 22.8 Å². The van der Waals surface area contributed by atoms with Crippen molar-refractivity contribution in [3.05, 3.63) is 23.3 Å². The average molecular weight is 415 g/mol. The van der Waals surface area contributed by atoms with Gasteiger partial charge in [0.15, 0.2) is 0 Å². The van der Waals surface area contributed by atoms with Crippen molar-refractivity contribution in [2.75, 3.05) is 0 Å².